The largest absolute Gasteiger partial charge is 0.598 e. The summed E-state index contributed by atoms with van der Waals surface area (Å²) < 4.78 is 27.0. The number of piperidine rings is 1. The Bertz CT molecular complexity index is 886. The van der Waals surface area contributed by atoms with Crippen LogP contribution in [-0.4, -0.2) is 48.9 Å². The first-order valence-corrected chi connectivity index (χ1v) is 11.5. The first-order valence-electron chi connectivity index (χ1n) is 9.64. The van der Waals surface area contributed by atoms with Crippen LogP contribution in [-0.2, 0) is 32.4 Å². The van der Waals surface area contributed by atoms with Crippen LogP contribution in [0.2, 0.25) is 0 Å². The molecule has 1 saturated heterocycles. The number of aromatic nitrogens is 3. The van der Waals surface area contributed by atoms with Crippen molar-refractivity contribution in [2.24, 2.45) is 0 Å². The fourth-order valence-electron chi connectivity index (χ4n) is 4.12. The molecule has 1 fully saturated rings. The number of sulfonamides is 1. The molecule has 2 atom stereocenters. The molecule has 1 aromatic carbocycles. The molecular weight excluding hydrogens is 378 g/mol. The standard InChI is InChI=1S/C19H25N5O3S/c1-28(26,27)23-11-9-15(10-12-23)18-22-21-17-8-7-16(24(17)18)19(25)20-13-14-5-3-2-4-6-14/h2-6,15-16H,7-13H2,1H3,(H-,20,25,26,27). The van der Waals surface area contributed by atoms with Crippen LogP contribution in [0, 0.1) is 0 Å². The summed E-state index contributed by atoms with van der Waals surface area (Å²) in [4.78, 5) is 12.8. The molecule has 9 heteroatoms. The summed E-state index contributed by atoms with van der Waals surface area (Å²) in [6.07, 6.45) is 4.10. The van der Waals surface area contributed by atoms with Gasteiger partial charge in [-0.1, -0.05) is 34.5 Å². The smallest absolute Gasteiger partial charge is 0.243 e. The molecule has 2 aromatic rings. The molecule has 0 bridgehead atoms. The van der Waals surface area contributed by atoms with Crippen LogP contribution in [0.1, 0.15) is 48.4 Å². The Kier molecular flexibility index (Phi) is 5.31. The van der Waals surface area contributed by atoms with Crippen molar-refractivity contribution in [3.8, 4) is 0 Å². The van der Waals surface area contributed by atoms with Crippen LogP contribution in [0.15, 0.2) is 30.3 Å². The fourth-order valence-corrected chi connectivity index (χ4v) is 4.99. The molecule has 1 aromatic heterocycles. The van der Waals surface area contributed by atoms with Crippen molar-refractivity contribution in [3.63, 3.8) is 0 Å². The number of nitrogens with zero attached hydrogens (tertiary/aromatic N) is 4. The van der Waals surface area contributed by atoms with E-state index in [1.165, 1.54) is 10.6 Å². The van der Waals surface area contributed by atoms with E-state index in [1.807, 2.05) is 34.9 Å². The molecule has 4 rings (SSSR count). The van der Waals surface area contributed by atoms with Crippen LogP contribution in [0.5, 0.6) is 0 Å². The van der Waals surface area contributed by atoms with E-state index in [4.69, 9.17) is 0 Å². The van der Waals surface area contributed by atoms with Crippen molar-refractivity contribution >= 4 is 16.3 Å². The van der Waals surface area contributed by atoms with Crippen molar-refractivity contribution in [2.75, 3.05) is 19.3 Å². The first kappa shape index (κ1) is 19.2. The third-order valence-corrected chi connectivity index (χ3v) is 6.95. The molecule has 0 radical (unpaired) electrons. The second-order valence-electron chi connectivity index (χ2n) is 7.54. The Balaban J connectivity index is 1.44. The maximum Gasteiger partial charge on any atom is 0.243 e. The van der Waals surface area contributed by atoms with Gasteiger partial charge >= 0.3 is 0 Å². The summed E-state index contributed by atoms with van der Waals surface area (Å²) >= 11 is 0. The van der Waals surface area contributed by atoms with Crippen LogP contribution in [0.25, 0.3) is 0 Å². The minimum atomic E-state index is -3.16. The van der Waals surface area contributed by atoms with Gasteiger partial charge in [0.1, 0.15) is 34.3 Å². The number of amides is 1. The van der Waals surface area contributed by atoms with Gasteiger partial charge in [-0.05, 0) is 24.8 Å². The predicted molar refractivity (Wildman–Crippen MR) is 104 cm³/mol. The second-order valence-corrected chi connectivity index (χ2v) is 9.52. The van der Waals surface area contributed by atoms with Gasteiger partial charge in [0.05, 0.1) is 0 Å². The zero-order valence-electron chi connectivity index (χ0n) is 15.9. The number of hydrogen-bond acceptors (Lipinski definition) is 5. The van der Waals surface area contributed by atoms with Gasteiger partial charge in [0.15, 0.2) is 0 Å². The number of fused-ring (bicyclic) bond motifs is 1. The monoisotopic (exact) mass is 403 g/mol. The highest BCUT2D eigenvalue weighted by Gasteiger charge is 2.37. The summed E-state index contributed by atoms with van der Waals surface area (Å²) in [6.45, 7) is 1.46. The van der Waals surface area contributed by atoms with Gasteiger partial charge in [-0.15, -0.1) is 14.5 Å². The zero-order chi connectivity index (χ0) is 19.7. The summed E-state index contributed by atoms with van der Waals surface area (Å²) in [5.74, 6) is 1.78. The van der Waals surface area contributed by atoms with Crippen molar-refractivity contribution < 1.29 is 13.6 Å². The average molecular weight is 404 g/mol. The summed E-state index contributed by atoms with van der Waals surface area (Å²) in [5.41, 5.74) is 1.06. The van der Waals surface area contributed by atoms with E-state index in [1.54, 1.807) is 0 Å². The Labute approximate surface area is 165 Å². The second kappa shape index (κ2) is 7.73. The minimum Gasteiger partial charge on any atom is -0.598 e. The summed E-state index contributed by atoms with van der Waals surface area (Å²) in [7, 11) is -3.16. The molecule has 1 N–H and O–H groups in total. The molecule has 0 aliphatic carbocycles. The maximum absolute atomic E-state index is 12.8. The third kappa shape index (κ3) is 3.87. The van der Waals surface area contributed by atoms with E-state index in [0.717, 1.165) is 30.1 Å². The van der Waals surface area contributed by atoms with Gasteiger partial charge in [0.2, 0.25) is 5.91 Å². The molecule has 150 valence electrons. The Morgan fingerprint density at radius 1 is 1.21 bits per heavy atom. The number of rotatable bonds is 5. The lowest BCUT2D eigenvalue weighted by Crippen LogP contribution is -2.41. The van der Waals surface area contributed by atoms with E-state index < -0.39 is 10.4 Å². The molecule has 28 heavy (non-hydrogen) atoms. The Morgan fingerprint density at radius 3 is 2.61 bits per heavy atom. The Morgan fingerprint density at radius 2 is 1.93 bits per heavy atom. The number of aryl methyl sites for hydroxylation is 1. The van der Waals surface area contributed by atoms with Gasteiger partial charge in [-0.3, -0.25) is 4.79 Å². The Hall–Kier alpha value is -2.10. The van der Waals surface area contributed by atoms with Crippen LogP contribution in [0.3, 0.4) is 0 Å². The van der Waals surface area contributed by atoms with Crippen molar-refractivity contribution in [1.29, 1.82) is 0 Å². The number of carbonyl (C=O) groups excluding carboxylic acids is 1. The zero-order valence-corrected chi connectivity index (χ0v) is 16.7. The van der Waals surface area contributed by atoms with Crippen LogP contribution >= 0.6 is 0 Å². The van der Waals surface area contributed by atoms with Gasteiger partial charge in [-0.25, -0.2) is 0 Å². The van der Waals surface area contributed by atoms with Gasteiger partial charge in [0.25, 0.3) is 0 Å². The highest BCUT2D eigenvalue weighted by Crippen LogP contribution is 2.34. The number of hydrogen-bond donors (Lipinski definition) is 1. The van der Waals surface area contributed by atoms with Crippen LogP contribution < -0.4 is 5.32 Å². The van der Waals surface area contributed by atoms with Crippen molar-refractivity contribution in [2.45, 2.75) is 44.2 Å². The van der Waals surface area contributed by atoms with Gasteiger partial charge in [0, 0.05) is 32.0 Å². The number of benzene rings is 1. The van der Waals surface area contributed by atoms with Gasteiger partial charge in [-0.2, -0.15) is 0 Å². The molecule has 0 spiro atoms. The predicted octanol–water partition coefficient (Wildman–Crippen LogP) is 1.44. The molecule has 1 amide bonds. The topological polar surface area (TPSA) is 103 Å². The molecule has 8 nitrogen and oxygen atoms in total. The first-order chi connectivity index (χ1) is 13.4. The van der Waals surface area contributed by atoms with E-state index >= 15 is 0 Å². The lowest BCUT2D eigenvalue weighted by molar-refractivity contribution is -0.124. The third-order valence-electron chi connectivity index (χ3n) is 5.65. The SMILES string of the molecule is C[S+](=O)([O-])N1CCC(c2nnc3n2C(C(=O)NCc2ccccc2)CC3)CC1. The quantitative estimate of drug-likeness (QED) is 0.761. The van der Waals surface area contributed by atoms with E-state index in [9.17, 15) is 13.6 Å². The minimum absolute atomic E-state index is 0.0165. The van der Waals surface area contributed by atoms with Crippen molar-refractivity contribution in [3.05, 3.63) is 47.5 Å². The summed E-state index contributed by atoms with van der Waals surface area (Å²) in [6, 6.07) is 9.54. The highest BCUT2D eigenvalue weighted by molar-refractivity contribution is 7.94. The number of carbonyl (C=O) groups is 1. The highest BCUT2D eigenvalue weighted by atomic mass is 32.3. The molecule has 2 unspecified atom stereocenters. The van der Waals surface area contributed by atoms with E-state index in [-0.39, 0.29) is 17.9 Å². The fraction of sp³-hybridized carbons (Fsp3) is 0.526. The molecule has 2 aliphatic heterocycles. The summed E-state index contributed by atoms with van der Waals surface area (Å²) in [5, 5.41) is 11.7. The normalized spacial score (nSPS) is 22.6. The van der Waals surface area contributed by atoms with Crippen LogP contribution in [0.4, 0.5) is 0 Å². The lowest BCUT2D eigenvalue weighted by Gasteiger charge is -2.32. The molecule has 3 heterocycles. The molecule has 2 aliphatic rings. The number of nitrogens with one attached hydrogen (secondary N) is 1. The van der Waals surface area contributed by atoms with E-state index in [0.29, 0.717) is 32.5 Å². The molecular formula is C19H25N5O3S. The van der Waals surface area contributed by atoms with E-state index in [2.05, 4.69) is 15.5 Å². The van der Waals surface area contributed by atoms with Gasteiger partial charge < -0.3 is 14.4 Å². The average Bonchev–Trinajstić information content (AvgIpc) is 3.28. The van der Waals surface area contributed by atoms with Crippen molar-refractivity contribution in [1.82, 2.24) is 24.4 Å². The lowest BCUT2D eigenvalue weighted by atomic mass is 9.97. The molecule has 0 saturated carbocycles. The maximum atomic E-state index is 12.8.